The maximum atomic E-state index is 11.4. The number of β-amino-alcohol motifs (C(OH)–C–C–N with tert-alkyl or cyclic N) is 1. The van der Waals surface area contributed by atoms with Crippen LogP contribution < -0.4 is 4.74 Å². The van der Waals surface area contributed by atoms with Gasteiger partial charge in [0.2, 0.25) is 0 Å². The predicted octanol–water partition coefficient (Wildman–Crippen LogP) is 3.10. The summed E-state index contributed by atoms with van der Waals surface area (Å²) in [6.45, 7) is 6.96. The maximum absolute atomic E-state index is 11.4. The molecule has 0 aliphatic carbocycles. The van der Waals surface area contributed by atoms with Crippen molar-refractivity contribution in [1.82, 2.24) is 9.80 Å². The lowest BCUT2D eigenvalue weighted by atomic mass is 10.1. The highest BCUT2D eigenvalue weighted by Gasteiger charge is 2.19. The zero-order valence-electron chi connectivity index (χ0n) is 16.2. The van der Waals surface area contributed by atoms with Crippen LogP contribution in [-0.4, -0.2) is 66.1 Å². The van der Waals surface area contributed by atoms with Crippen LogP contribution in [0, 0.1) is 0 Å². The molecule has 1 saturated heterocycles. The van der Waals surface area contributed by atoms with Gasteiger partial charge in [-0.3, -0.25) is 14.6 Å². The van der Waals surface area contributed by atoms with Gasteiger partial charge in [-0.2, -0.15) is 0 Å². The average Bonchev–Trinajstić information content (AvgIpc) is 2.68. The molecule has 1 fully saturated rings. The second kappa shape index (κ2) is 10.0. The van der Waals surface area contributed by atoms with Crippen LogP contribution in [0.15, 0.2) is 48.5 Å². The van der Waals surface area contributed by atoms with Gasteiger partial charge in [-0.1, -0.05) is 35.9 Å². The number of hydrogen-bond acceptors (Lipinski definition) is 5. The summed E-state index contributed by atoms with van der Waals surface area (Å²) in [6.07, 6.45) is -0.569. The van der Waals surface area contributed by atoms with Crippen LogP contribution in [0.25, 0.3) is 0 Å². The van der Waals surface area contributed by atoms with Gasteiger partial charge in [-0.15, -0.1) is 0 Å². The molecule has 1 unspecified atom stereocenters. The summed E-state index contributed by atoms with van der Waals surface area (Å²) in [6, 6.07) is 15.0. The fraction of sp³-hybridized carbons (Fsp3) is 0.409. The van der Waals surface area contributed by atoms with E-state index in [2.05, 4.69) is 15.9 Å². The molecule has 28 heavy (non-hydrogen) atoms. The highest BCUT2D eigenvalue weighted by molar-refractivity contribution is 6.30. The van der Waals surface area contributed by atoms with Crippen molar-refractivity contribution in [3.05, 3.63) is 64.7 Å². The minimum atomic E-state index is -0.569. The Morgan fingerprint density at radius 3 is 2.54 bits per heavy atom. The number of hydrogen-bond donors (Lipinski definition) is 1. The number of rotatable bonds is 8. The molecule has 1 N–H and O–H groups in total. The molecule has 0 aromatic heterocycles. The number of nitrogens with zero attached hydrogens (tertiary/aromatic N) is 2. The van der Waals surface area contributed by atoms with Gasteiger partial charge in [0.05, 0.1) is 0 Å². The first-order valence-electron chi connectivity index (χ1n) is 9.60. The summed E-state index contributed by atoms with van der Waals surface area (Å²) in [7, 11) is 0. The van der Waals surface area contributed by atoms with E-state index >= 15 is 0 Å². The molecular weight excluding hydrogens is 376 g/mol. The first-order valence-corrected chi connectivity index (χ1v) is 9.98. The molecule has 2 aromatic rings. The first-order chi connectivity index (χ1) is 13.5. The fourth-order valence-electron chi connectivity index (χ4n) is 3.37. The Morgan fingerprint density at radius 1 is 1.11 bits per heavy atom. The number of carbonyl (C=O) groups excluding carboxylic acids is 1. The molecule has 150 valence electrons. The van der Waals surface area contributed by atoms with Crippen LogP contribution in [0.4, 0.5) is 0 Å². The minimum Gasteiger partial charge on any atom is -0.491 e. The van der Waals surface area contributed by atoms with Gasteiger partial charge in [0.1, 0.15) is 18.5 Å². The lowest BCUT2D eigenvalue weighted by molar-refractivity contribution is 0.0446. The van der Waals surface area contributed by atoms with Crippen molar-refractivity contribution in [2.45, 2.75) is 19.6 Å². The molecule has 0 spiro atoms. The molecule has 1 aliphatic rings. The SMILES string of the molecule is CC(=O)c1cccc(OCC(O)CN2CCN(Cc3cccc(Cl)c3)CC2)c1. The van der Waals surface area contributed by atoms with Gasteiger partial charge in [-0.05, 0) is 36.8 Å². The van der Waals surface area contributed by atoms with E-state index in [0.717, 1.165) is 37.7 Å². The quantitative estimate of drug-likeness (QED) is 0.687. The Bertz CT molecular complexity index is 791. The van der Waals surface area contributed by atoms with Crippen LogP contribution >= 0.6 is 11.6 Å². The lowest BCUT2D eigenvalue weighted by Gasteiger charge is -2.35. The number of piperazine rings is 1. The normalized spacial score (nSPS) is 16.7. The molecule has 0 bridgehead atoms. The van der Waals surface area contributed by atoms with Crippen molar-refractivity contribution < 1.29 is 14.6 Å². The summed E-state index contributed by atoms with van der Waals surface area (Å²) >= 11 is 6.06. The fourth-order valence-corrected chi connectivity index (χ4v) is 3.58. The highest BCUT2D eigenvalue weighted by atomic mass is 35.5. The van der Waals surface area contributed by atoms with E-state index < -0.39 is 6.10 Å². The molecule has 1 heterocycles. The lowest BCUT2D eigenvalue weighted by Crippen LogP contribution is -2.48. The van der Waals surface area contributed by atoms with E-state index in [4.69, 9.17) is 16.3 Å². The molecule has 5 nitrogen and oxygen atoms in total. The average molecular weight is 403 g/mol. The molecule has 1 atom stereocenters. The zero-order chi connectivity index (χ0) is 19.9. The smallest absolute Gasteiger partial charge is 0.159 e. The van der Waals surface area contributed by atoms with E-state index in [1.807, 2.05) is 18.2 Å². The van der Waals surface area contributed by atoms with Crippen molar-refractivity contribution in [3.8, 4) is 5.75 Å². The Morgan fingerprint density at radius 2 is 1.82 bits per heavy atom. The maximum Gasteiger partial charge on any atom is 0.159 e. The van der Waals surface area contributed by atoms with Gasteiger partial charge < -0.3 is 9.84 Å². The standard InChI is InChI=1S/C22H27ClN2O3/c1-17(26)19-5-3-7-22(13-19)28-16-21(27)15-25-10-8-24(9-11-25)14-18-4-2-6-20(23)12-18/h2-7,12-13,21,27H,8-11,14-16H2,1H3. The second-order valence-corrected chi connectivity index (χ2v) is 7.69. The molecule has 1 aliphatic heterocycles. The monoisotopic (exact) mass is 402 g/mol. The molecule has 6 heteroatoms. The number of benzene rings is 2. The summed E-state index contributed by atoms with van der Waals surface area (Å²) in [5.74, 6) is 0.611. The third-order valence-electron chi connectivity index (χ3n) is 4.91. The number of ketones is 1. The molecule has 0 amide bonds. The van der Waals surface area contributed by atoms with Crippen LogP contribution in [0.3, 0.4) is 0 Å². The molecule has 3 rings (SSSR count). The van der Waals surface area contributed by atoms with E-state index in [1.165, 1.54) is 12.5 Å². The van der Waals surface area contributed by atoms with E-state index in [0.29, 0.717) is 17.9 Å². The highest BCUT2D eigenvalue weighted by Crippen LogP contribution is 2.15. The predicted molar refractivity (Wildman–Crippen MR) is 111 cm³/mol. The molecule has 0 saturated carbocycles. The topological polar surface area (TPSA) is 53.0 Å². The Hall–Kier alpha value is -1.92. The van der Waals surface area contributed by atoms with Gasteiger partial charge >= 0.3 is 0 Å². The number of ether oxygens (including phenoxy) is 1. The zero-order valence-corrected chi connectivity index (χ0v) is 16.9. The third kappa shape index (κ3) is 6.31. The number of carbonyl (C=O) groups is 1. The molecule has 2 aromatic carbocycles. The summed E-state index contributed by atoms with van der Waals surface area (Å²) in [5, 5.41) is 11.1. The summed E-state index contributed by atoms with van der Waals surface area (Å²) in [5.41, 5.74) is 1.84. The van der Waals surface area contributed by atoms with E-state index in [-0.39, 0.29) is 12.4 Å². The van der Waals surface area contributed by atoms with Crippen molar-refractivity contribution >= 4 is 17.4 Å². The number of aliphatic hydroxyl groups is 1. The van der Waals surface area contributed by atoms with Crippen molar-refractivity contribution in [2.75, 3.05) is 39.3 Å². The number of Topliss-reactive ketones (excluding diaryl/α,β-unsaturated/α-hetero) is 1. The van der Waals surface area contributed by atoms with Crippen LogP contribution in [0.2, 0.25) is 5.02 Å². The van der Waals surface area contributed by atoms with Crippen molar-refractivity contribution in [3.63, 3.8) is 0 Å². The van der Waals surface area contributed by atoms with Gasteiger partial charge in [0.25, 0.3) is 0 Å². The number of aliphatic hydroxyl groups excluding tert-OH is 1. The number of halogens is 1. The first kappa shape index (κ1) is 20.8. The Balaban J connectivity index is 1.39. The van der Waals surface area contributed by atoms with Gasteiger partial charge in [0.15, 0.2) is 5.78 Å². The van der Waals surface area contributed by atoms with Gasteiger partial charge in [0, 0.05) is 49.9 Å². The largest absolute Gasteiger partial charge is 0.491 e. The minimum absolute atomic E-state index is 0.00152. The van der Waals surface area contributed by atoms with Crippen molar-refractivity contribution in [1.29, 1.82) is 0 Å². The molecule has 0 radical (unpaired) electrons. The Kier molecular flexibility index (Phi) is 7.45. The van der Waals surface area contributed by atoms with Crippen LogP contribution in [0.5, 0.6) is 5.75 Å². The third-order valence-corrected chi connectivity index (χ3v) is 5.15. The van der Waals surface area contributed by atoms with Gasteiger partial charge in [-0.25, -0.2) is 0 Å². The molecular formula is C22H27ClN2O3. The Labute approximate surface area is 171 Å². The van der Waals surface area contributed by atoms with E-state index in [9.17, 15) is 9.90 Å². The second-order valence-electron chi connectivity index (χ2n) is 7.26. The summed E-state index contributed by atoms with van der Waals surface area (Å²) < 4.78 is 5.66. The van der Waals surface area contributed by atoms with E-state index in [1.54, 1.807) is 24.3 Å². The van der Waals surface area contributed by atoms with Crippen LogP contribution in [-0.2, 0) is 6.54 Å². The van der Waals surface area contributed by atoms with Crippen LogP contribution in [0.1, 0.15) is 22.8 Å². The summed E-state index contributed by atoms with van der Waals surface area (Å²) in [4.78, 5) is 16.1. The van der Waals surface area contributed by atoms with Crippen molar-refractivity contribution in [2.24, 2.45) is 0 Å².